The molecule has 0 saturated heterocycles. The van der Waals surface area contributed by atoms with Gasteiger partial charge in [-0.25, -0.2) is 10.2 Å². The Morgan fingerprint density at radius 1 is 1.33 bits per heavy atom. The van der Waals surface area contributed by atoms with Crippen molar-refractivity contribution in [2.24, 2.45) is 16.8 Å². The van der Waals surface area contributed by atoms with Crippen LogP contribution in [0, 0.1) is 5.92 Å². The van der Waals surface area contributed by atoms with Gasteiger partial charge >= 0.3 is 6.03 Å². The highest BCUT2D eigenvalue weighted by atomic mass is 16.2. The molecule has 0 aromatic carbocycles. The fourth-order valence-electron chi connectivity index (χ4n) is 2.66. The van der Waals surface area contributed by atoms with Crippen molar-refractivity contribution in [1.29, 1.82) is 0 Å². The van der Waals surface area contributed by atoms with Gasteiger partial charge in [0.2, 0.25) is 0 Å². The molecule has 0 radical (unpaired) electrons. The second-order valence-electron chi connectivity index (χ2n) is 5.22. The molecule has 0 aromatic rings. The van der Waals surface area contributed by atoms with Crippen molar-refractivity contribution >= 4 is 11.7 Å². The molecule has 0 unspecified atom stereocenters. The molecule has 0 aliphatic heterocycles. The van der Waals surface area contributed by atoms with Gasteiger partial charge in [0.1, 0.15) is 0 Å². The number of carbonyl (C=O) groups excluding carboxylic acids is 1. The summed E-state index contributed by atoms with van der Waals surface area (Å²) in [7, 11) is 0. The van der Waals surface area contributed by atoms with E-state index in [0.29, 0.717) is 5.92 Å². The minimum absolute atomic E-state index is 0.562. The Bertz CT molecular complexity index is 276. The van der Waals surface area contributed by atoms with Gasteiger partial charge in [0.05, 0.1) is 0 Å². The van der Waals surface area contributed by atoms with Gasteiger partial charge in [-0.3, -0.25) is 0 Å². The van der Waals surface area contributed by atoms with Crippen molar-refractivity contribution in [3.8, 4) is 0 Å². The van der Waals surface area contributed by atoms with Crippen LogP contribution < -0.4 is 11.2 Å². The first-order chi connectivity index (χ1) is 8.74. The maximum atomic E-state index is 10.6. The lowest BCUT2D eigenvalue weighted by molar-refractivity contribution is 0.249. The van der Waals surface area contributed by atoms with E-state index in [2.05, 4.69) is 17.5 Å². The molecule has 104 valence electrons. The molecular formula is C14H27N3O. The average Bonchev–Trinajstić information content (AvgIpc) is 2.78. The molecule has 1 rings (SSSR count). The number of urea groups is 1. The molecule has 4 heteroatoms. The number of hydrogen-bond acceptors (Lipinski definition) is 2. The maximum absolute atomic E-state index is 10.6. The van der Waals surface area contributed by atoms with Gasteiger partial charge in [0.25, 0.3) is 0 Å². The second kappa shape index (κ2) is 8.95. The summed E-state index contributed by atoms with van der Waals surface area (Å²) < 4.78 is 0. The summed E-state index contributed by atoms with van der Waals surface area (Å²) in [4.78, 5) is 10.6. The first kappa shape index (κ1) is 15.0. The van der Waals surface area contributed by atoms with Crippen LogP contribution in [-0.2, 0) is 0 Å². The molecule has 1 aliphatic carbocycles. The maximum Gasteiger partial charge on any atom is 0.332 e. The van der Waals surface area contributed by atoms with Gasteiger partial charge in [-0.1, -0.05) is 45.4 Å². The Labute approximate surface area is 110 Å². The van der Waals surface area contributed by atoms with E-state index in [9.17, 15) is 4.79 Å². The molecular weight excluding hydrogens is 226 g/mol. The summed E-state index contributed by atoms with van der Waals surface area (Å²) in [5.74, 6) is 0.572. The molecule has 4 nitrogen and oxygen atoms in total. The van der Waals surface area contributed by atoms with Gasteiger partial charge < -0.3 is 5.73 Å². The molecule has 0 spiro atoms. The van der Waals surface area contributed by atoms with Crippen molar-refractivity contribution in [3.63, 3.8) is 0 Å². The van der Waals surface area contributed by atoms with Crippen LogP contribution in [0.4, 0.5) is 4.79 Å². The number of carbonyl (C=O) groups is 1. The van der Waals surface area contributed by atoms with E-state index >= 15 is 0 Å². The molecule has 18 heavy (non-hydrogen) atoms. The third kappa shape index (κ3) is 6.03. The Balaban J connectivity index is 2.16. The largest absolute Gasteiger partial charge is 0.350 e. The zero-order chi connectivity index (χ0) is 13.2. The second-order valence-corrected chi connectivity index (χ2v) is 5.22. The fourth-order valence-corrected chi connectivity index (χ4v) is 2.66. The zero-order valence-corrected chi connectivity index (χ0v) is 11.6. The number of hydrogen-bond donors (Lipinski definition) is 2. The first-order valence-electron chi connectivity index (χ1n) is 7.36. The summed E-state index contributed by atoms with van der Waals surface area (Å²) >= 11 is 0. The lowest BCUT2D eigenvalue weighted by atomic mass is 9.98. The topological polar surface area (TPSA) is 67.5 Å². The van der Waals surface area contributed by atoms with Crippen LogP contribution in [0.2, 0.25) is 0 Å². The number of nitrogens with one attached hydrogen (secondary N) is 1. The standard InChI is InChI=1S/C14H27N3O/c1-2-3-4-5-6-7-9-12-10-8-11-13(12)16-17-14(15)18/h12H,2-11H2,1H3,(H3,15,17,18)/b16-13-/t12-/m1/s1. The van der Waals surface area contributed by atoms with Crippen molar-refractivity contribution in [2.75, 3.05) is 0 Å². The van der Waals surface area contributed by atoms with Gasteiger partial charge in [-0.15, -0.1) is 0 Å². The van der Waals surface area contributed by atoms with Crippen LogP contribution in [0.25, 0.3) is 0 Å². The molecule has 0 bridgehead atoms. The number of hydrazone groups is 1. The predicted molar refractivity (Wildman–Crippen MR) is 75.5 cm³/mol. The van der Waals surface area contributed by atoms with Crippen LogP contribution in [0.15, 0.2) is 5.10 Å². The smallest absolute Gasteiger partial charge is 0.332 e. The summed E-state index contributed by atoms with van der Waals surface area (Å²) in [6.07, 6.45) is 12.6. The van der Waals surface area contributed by atoms with Gasteiger partial charge in [-0.2, -0.15) is 5.10 Å². The SMILES string of the molecule is CCCCCCCC[C@@H]1CCC/C1=N/NC(N)=O. The molecule has 3 N–H and O–H groups in total. The van der Waals surface area contributed by atoms with Gasteiger partial charge in [-0.05, 0) is 31.6 Å². The van der Waals surface area contributed by atoms with Crippen molar-refractivity contribution in [3.05, 3.63) is 0 Å². The third-order valence-electron chi connectivity index (χ3n) is 3.67. The summed E-state index contributed by atoms with van der Waals surface area (Å²) in [5, 5.41) is 4.12. The summed E-state index contributed by atoms with van der Waals surface area (Å²) in [6, 6.07) is -0.562. The minimum Gasteiger partial charge on any atom is -0.350 e. The van der Waals surface area contributed by atoms with Crippen LogP contribution in [0.3, 0.4) is 0 Å². The Morgan fingerprint density at radius 3 is 2.78 bits per heavy atom. The number of primary amides is 1. The number of nitrogens with two attached hydrogens (primary N) is 1. The first-order valence-corrected chi connectivity index (χ1v) is 7.36. The van der Waals surface area contributed by atoms with Gasteiger partial charge in [0, 0.05) is 5.71 Å². The quantitative estimate of drug-likeness (QED) is 0.504. The van der Waals surface area contributed by atoms with Crippen LogP contribution in [-0.4, -0.2) is 11.7 Å². The fraction of sp³-hybridized carbons (Fsp3) is 0.857. The highest BCUT2D eigenvalue weighted by molar-refractivity contribution is 5.89. The van der Waals surface area contributed by atoms with Crippen molar-refractivity contribution < 1.29 is 4.79 Å². The highest BCUT2D eigenvalue weighted by Gasteiger charge is 2.22. The lowest BCUT2D eigenvalue weighted by Gasteiger charge is -2.10. The lowest BCUT2D eigenvalue weighted by Crippen LogP contribution is -2.26. The number of nitrogens with zero attached hydrogens (tertiary/aromatic N) is 1. The molecule has 2 amide bonds. The van der Waals surface area contributed by atoms with Crippen molar-refractivity contribution in [2.45, 2.75) is 71.1 Å². The van der Waals surface area contributed by atoms with E-state index < -0.39 is 6.03 Å². The van der Waals surface area contributed by atoms with Crippen LogP contribution in [0.1, 0.15) is 71.1 Å². The average molecular weight is 253 g/mol. The molecule has 0 aromatic heterocycles. The predicted octanol–water partition coefficient (Wildman–Crippen LogP) is 3.56. The van der Waals surface area contributed by atoms with Crippen molar-refractivity contribution in [1.82, 2.24) is 5.43 Å². The number of rotatable bonds is 8. The summed E-state index contributed by atoms with van der Waals surface area (Å²) in [6.45, 7) is 2.24. The normalized spacial score (nSPS) is 21.4. The molecule has 1 fully saturated rings. The van der Waals surface area contributed by atoms with Gasteiger partial charge in [0.15, 0.2) is 0 Å². The number of amides is 2. The van der Waals surface area contributed by atoms with Crippen LogP contribution >= 0.6 is 0 Å². The Kier molecular flexibility index (Phi) is 7.46. The minimum atomic E-state index is -0.562. The Hall–Kier alpha value is -1.06. The molecule has 0 heterocycles. The zero-order valence-electron chi connectivity index (χ0n) is 11.6. The van der Waals surface area contributed by atoms with E-state index in [1.807, 2.05) is 0 Å². The molecule has 1 aliphatic rings. The van der Waals surface area contributed by atoms with Crippen LogP contribution in [0.5, 0.6) is 0 Å². The van der Waals surface area contributed by atoms with E-state index in [4.69, 9.17) is 5.73 Å². The number of unbranched alkanes of at least 4 members (excludes halogenated alkanes) is 5. The Morgan fingerprint density at radius 2 is 2.06 bits per heavy atom. The van der Waals surface area contributed by atoms with E-state index in [1.54, 1.807) is 0 Å². The monoisotopic (exact) mass is 253 g/mol. The van der Waals surface area contributed by atoms with E-state index in [1.165, 1.54) is 57.8 Å². The van der Waals surface area contributed by atoms with E-state index in [0.717, 1.165) is 12.1 Å². The van der Waals surface area contributed by atoms with E-state index in [-0.39, 0.29) is 0 Å². The third-order valence-corrected chi connectivity index (χ3v) is 3.67. The molecule has 1 saturated carbocycles. The highest BCUT2D eigenvalue weighted by Crippen LogP contribution is 2.27. The summed E-state index contributed by atoms with van der Waals surface area (Å²) in [5.41, 5.74) is 8.53. The molecule has 1 atom stereocenters.